The molecule has 1 fully saturated rings. The van der Waals surface area contributed by atoms with Crippen molar-refractivity contribution in [1.82, 2.24) is 0 Å². The number of nitrogens with two attached hydrogens (primary N) is 1. The molecule has 1 aliphatic rings. The highest BCUT2D eigenvalue weighted by molar-refractivity contribution is 5.26. The first kappa shape index (κ1) is 10.7. The molecule has 2 N–H and O–H groups in total. The zero-order valence-corrected chi connectivity index (χ0v) is 9.11. The summed E-state index contributed by atoms with van der Waals surface area (Å²) in [6.45, 7) is 2.20. The van der Waals surface area contributed by atoms with Crippen LogP contribution in [-0.4, -0.2) is 6.61 Å². The van der Waals surface area contributed by atoms with Gasteiger partial charge in [0.2, 0.25) is 0 Å². The van der Waals surface area contributed by atoms with Crippen molar-refractivity contribution < 1.29 is 4.74 Å². The van der Waals surface area contributed by atoms with Crippen molar-refractivity contribution in [2.24, 2.45) is 11.7 Å². The molecule has 2 heteroatoms. The van der Waals surface area contributed by atoms with Crippen molar-refractivity contribution in [2.75, 3.05) is 6.61 Å². The fourth-order valence-electron chi connectivity index (χ4n) is 1.74. The van der Waals surface area contributed by atoms with Crippen LogP contribution >= 0.6 is 0 Å². The first-order valence-corrected chi connectivity index (χ1v) is 5.74. The molecule has 0 atom stereocenters. The minimum atomic E-state index is 0.599. The Hall–Kier alpha value is -0.860. The van der Waals surface area contributed by atoms with Crippen LogP contribution in [0.5, 0.6) is 0 Å². The highest BCUT2D eigenvalue weighted by Gasteiger charge is 2.20. The lowest BCUT2D eigenvalue weighted by Crippen LogP contribution is -2.03. The minimum Gasteiger partial charge on any atom is -0.377 e. The third-order valence-electron chi connectivity index (χ3n) is 2.96. The number of ether oxygens (including phenoxy) is 1. The van der Waals surface area contributed by atoms with Gasteiger partial charge in [0.1, 0.15) is 0 Å². The van der Waals surface area contributed by atoms with Crippen LogP contribution in [0.1, 0.15) is 30.4 Å². The molecule has 0 spiro atoms. The molecule has 0 saturated heterocycles. The molecule has 0 heterocycles. The van der Waals surface area contributed by atoms with Gasteiger partial charge in [-0.05, 0) is 23.5 Å². The van der Waals surface area contributed by atoms with Crippen LogP contribution in [0.3, 0.4) is 0 Å². The SMILES string of the molecule is NCc1ccccc1COCCC1CC1. The standard InChI is InChI=1S/C13H19NO/c14-9-12-3-1-2-4-13(12)10-15-8-7-11-5-6-11/h1-4,11H,5-10,14H2. The second-order valence-electron chi connectivity index (χ2n) is 4.26. The van der Waals surface area contributed by atoms with Crippen molar-refractivity contribution in [3.05, 3.63) is 35.4 Å². The minimum absolute atomic E-state index is 0.599. The molecule has 2 rings (SSSR count). The van der Waals surface area contributed by atoms with Gasteiger partial charge in [0.15, 0.2) is 0 Å². The zero-order valence-electron chi connectivity index (χ0n) is 9.11. The van der Waals surface area contributed by atoms with E-state index in [2.05, 4.69) is 12.1 Å². The van der Waals surface area contributed by atoms with E-state index in [4.69, 9.17) is 10.5 Å². The molecule has 15 heavy (non-hydrogen) atoms. The molecular weight excluding hydrogens is 186 g/mol. The Kier molecular flexibility index (Phi) is 3.75. The quantitative estimate of drug-likeness (QED) is 0.724. The maximum absolute atomic E-state index is 5.66. The van der Waals surface area contributed by atoms with Gasteiger partial charge in [-0.25, -0.2) is 0 Å². The van der Waals surface area contributed by atoms with Gasteiger partial charge in [0, 0.05) is 13.2 Å². The normalized spacial score (nSPS) is 15.5. The summed E-state index contributed by atoms with van der Waals surface area (Å²) in [6.07, 6.45) is 4.04. The molecule has 0 amide bonds. The van der Waals surface area contributed by atoms with Gasteiger partial charge >= 0.3 is 0 Å². The lowest BCUT2D eigenvalue weighted by Gasteiger charge is -2.08. The summed E-state index contributed by atoms with van der Waals surface area (Å²) in [4.78, 5) is 0. The van der Waals surface area contributed by atoms with Gasteiger partial charge in [0.05, 0.1) is 6.61 Å². The fraction of sp³-hybridized carbons (Fsp3) is 0.538. The van der Waals surface area contributed by atoms with Crippen LogP contribution in [0.15, 0.2) is 24.3 Å². The number of benzene rings is 1. The molecular formula is C13H19NO. The van der Waals surface area contributed by atoms with E-state index in [1.54, 1.807) is 0 Å². The van der Waals surface area contributed by atoms with Gasteiger partial charge in [-0.15, -0.1) is 0 Å². The van der Waals surface area contributed by atoms with E-state index in [0.29, 0.717) is 13.2 Å². The molecule has 2 nitrogen and oxygen atoms in total. The Morgan fingerprint density at radius 3 is 2.60 bits per heavy atom. The van der Waals surface area contributed by atoms with Crippen LogP contribution in [0.2, 0.25) is 0 Å². The molecule has 0 unspecified atom stereocenters. The molecule has 1 saturated carbocycles. The average molecular weight is 205 g/mol. The Morgan fingerprint density at radius 2 is 1.93 bits per heavy atom. The summed E-state index contributed by atoms with van der Waals surface area (Å²) >= 11 is 0. The zero-order chi connectivity index (χ0) is 10.5. The van der Waals surface area contributed by atoms with Gasteiger partial charge in [-0.1, -0.05) is 37.1 Å². The Morgan fingerprint density at radius 1 is 1.20 bits per heavy atom. The summed E-state index contributed by atoms with van der Waals surface area (Å²) in [6, 6.07) is 8.23. The average Bonchev–Trinajstić information content (AvgIpc) is 3.09. The van der Waals surface area contributed by atoms with Crippen LogP contribution in [-0.2, 0) is 17.9 Å². The third-order valence-corrected chi connectivity index (χ3v) is 2.96. The van der Waals surface area contributed by atoms with Gasteiger partial charge in [-0.2, -0.15) is 0 Å². The van der Waals surface area contributed by atoms with Crippen LogP contribution < -0.4 is 5.73 Å². The summed E-state index contributed by atoms with van der Waals surface area (Å²) in [5, 5.41) is 0. The van der Waals surface area contributed by atoms with Gasteiger partial charge < -0.3 is 10.5 Å². The van der Waals surface area contributed by atoms with Crippen LogP contribution in [0.25, 0.3) is 0 Å². The third kappa shape index (κ3) is 3.33. The smallest absolute Gasteiger partial charge is 0.0720 e. The predicted molar refractivity (Wildman–Crippen MR) is 61.3 cm³/mol. The van der Waals surface area contributed by atoms with Crippen molar-refractivity contribution in [2.45, 2.75) is 32.4 Å². The van der Waals surface area contributed by atoms with E-state index in [0.717, 1.165) is 12.5 Å². The summed E-state index contributed by atoms with van der Waals surface area (Å²) in [5.74, 6) is 0.953. The highest BCUT2D eigenvalue weighted by Crippen LogP contribution is 2.32. The Balaban J connectivity index is 1.75. The number of rotatable bonds is 6. The maximum atomic E-state index is 5.66. The largest absolute Gasteiger partial charge is 0.377 e. The Labute approximate surface area is 91.4 Å². The number of hydrogen-bond donors (Lipinski definition) is 1. The fourth-order valence-corrected chi connectivity index (χ4v) is 1.74. The summed E-state index contributed by atoms with van der Waals surface area (Å²) in [7, 11) is 0. The monoisotopic (exact) mass is 205 g/mol. The maximum Gasteiger partial charge on any atom is 0.0720 e. The highest BCUT2D eigenvalue weighted by atomic mass is 16.5. The van der Waals surface area contributed by atoms with Crippen molar-refractivity contribution in [3.63, 3.8) is 0 Å². The molecule has 82 valence electrons. The van der Waals surface area contributed by atoms with Crippen LogP contribution in [0.4, 0.5) is 0 Å². The molecule has 0 aromatic heterocycles. The van der Waals surface area contributed by atoms with E-state index in [9.17, 15) is 0 Å². The predicted octanol–water partition coefficient (Wildman–Crippen LogP) is 2.46. The topological polar surface area (TPSA) is 35.2 Å². The van der Waals surface area contributed by atoms with Crippen molar-refractivity contribution in [1.29, 1.82) is 0 Å². The van der Waals surface area contributed by atoms with Crippen LogP contribution in [0, 0.1) is 5.92 Å². The summed E-state index contributed by atoms with van der Waals surface area (Å²) < 4.78 is 5.66. The van der Waals surface area contributed by atoms with Gasteiger partial charge in [-0.3, -0.25) is 0 Å². The van der Waals surface area contributed by atoms with E-state index in [-0.39, 0.29) is 0 Å². The second-order valence-corrected chi connectivity index (χ2v) is 4.26. The van der Waals surface area contributed by atoms with Gasteiger partial charge in [0.25, 0.3) is 0 Å². The molecule has 0 aliphatic heterocycles. The molecule has 1 aromatic rings. The van der Waals surface area contributed by atoms with E-state index < -0.39 is 0 Å². The van der Waals surface area contributed by atoms with Crippen molar-refractivity contribution in [3.8, 4) is 0 Å². The lowest BCUT2D eigenvalue weighted by molar-refractivity contribution is 0.114. The lowest BCUT2D eigenvalue weighted by atomic mass is 10.1. The van der Waals surface area contributed by atoms with E-state index in [1.165, 1.54) is 30.4 Å². The first-order chi connectivity index (χ1) is 7.40. The summed E-state index contributed by atoms with van der Waals surface area (Å²) in [5.41, 5.74) is 8.09. The first-order valence-electron chi connectivity index (χ1n) is 5.74. The van der Waals surface area contributed by atoms with Crippen molar-refractivity contribution >= 4 is 0 Å². The second kappa shape index (κ2) is 5.29. The molecule has 1 aliphatic carbocycles. The molecule has 0 radical (unpaired) electrons. The Bertz CT molecular complexity index is 307. The molecule has 0 bridgehead atoms. The van der Waals surface area contributed by atoms with E-state index in [1.807, 2.05) is 12.1 Å². The van der Waals surface area contributed by atoms with E-state index >= 15 is 0 Å². The number of hydrogen-bond acceptors (Lipinski definition) is 2. The molecule has 1 aromatic carbocycles.